The van der Waals surface area contributed by atoms with Crippen LogP contribution < -0.4 is 5.56 Å². The minimum Gasteiger partial charge on any atom is -0.481 e. The first-order valence-electron chi connectivity index (χ1n) is 8.88. The molecule has 28 heavy (non-hydrogen) atoms. The minimum absolute atomic E-state index is 0.0302. The van der Waals surface area contributed by atoms with Crippen LogP contribution in [-0.2, 0) is 17.6 Å². The Bertz CT molecular complexity index is 1130. The molecule has 4 rings (SSSR count). The van der Waals surface area contributed by atoms with E-state index in [1.54, 1.807) is 23.5 Å². The van der Waals surface area contributed by atoms with Crippen LogP contribution in [0.3, 0.4) is 0 Å². The van der Waals surface area contributed by atoms with Crippen molar-refractivity contribution in [2.45, 2.75) is 25.7 Å². The number of nitrogens with one attached hydrogen (secondary N) is 1. The fourth-order valence-corrected chi connectivity index (χ4v) is 5.59. The van der Waals surface area contributed by atoms with Crippen molar-refractivity contribution in [2.24, 2.45) is 0 Å². The number of halogens is 1. The molecule has 144 valence electrons. The standard InChI is InChI=1S/C20H17ClN2O3S2/c21-12-6-4-11(5-7-12)10-15(27-9-8-16(24)25)18-22-19(26)17-13-2-1-3-14(13)28-20(17)23-18/h4-7,10H,1-3,8-9H2,(H,24,25)(H,22,23,26)/b15-10+. The first kappa shape index (κ1) is 19.2. The van der Waals surface area contributed by atoms with E-state index in [1.165, 1.54) is 16.6 Å². The zero-order valence-electron chi connectivity index (χ0n) is 14.8. The Morgan fingerprint density at radius 2 is 2.11 bits per heavy atom. The van der Waals surface area contributed by atoms with Crippen LogP contribution in [0.2, 0.25) is 5.02 Å². The van der Waals surface area contributed by atoms with Crippen LogP contribution >= 0.6 is 34.7 Å². The average Bonchev–Trinajstić information content (AvgIpc) is 3.23. The van der Waals surface area contributed by atoms with Crippen LogP contribution in [0, 0.1) is 0 Å². The highest BCUT2D eigenvalue weighted by molar-refractivity contribution is 8.08. The number of aromatic nitrogens is 2. The zero-order valence-corrected chi connectivity index (χ0v) is 17.2. The number of carboxylic acid groups (broad SMARTS) is 1. The number of thiophene rings is 1. The van der Waals surface area contributed by atoms with Crippen molar-refractivity contribution in [3.8, 4) is 0 Å². The molecule has 0 fully saturated rings. The maximum absolute atomic E-state index is 12.8. The van der Waals surface area contributed by atoms with E-state index in [1.807, 2.05) is 18.2 Å². The average molecular weight is 433 g/mol. The van der Waals surface area contributed by atoms with Crippen LogP contribution in [0.4, 0.5) is 0 Å². The molecule has 0 aliphatic heterocycles. The molecule has 8 heteroatoms. The monoisotopic (exact) mass is 432 g/mol. The summed E-state index contributed by atoms with van der Waals surface area (Å²) in [6, 6.07) is 7.32. The second-order valence-corrected chi connectivity index (χ2v) is 9.16. The highest BCUT2D eigenvalue weighted by Gasteiger charge is 2.21. The lowest BCUT2D eigenvalue weighted by Crippen LogP contribution is -2.11. The van der Waals surface area contributed by atoms with Gasteiger partial charge in [0.15, 0.2) is 0 Å². The van der Waals surface area contributed by atoms with Gasteiger partial charge in [0.2, 0.25) is 0 Å². The summed E-state index contributed by atoms with van der Waals surface area (Å²) in [5.74, 6) is 0.00459. The molecule has 0 radical (unpaired) electrons. The number of aromatic amines is 1. The van der Waals surface area contributed by atoms with Crippen molar-refractivity contribution in [3.05, 3.63) is 61.5 Å². The molecule has 2 heterocycles. The van der Waals surface area contributed by atoms with Crippen LogP contribution in [0.1, 0.15) is 34.7 Å². The highest BCUT2D eigenvalue weighted by Crippen LogP contribution is 2.36. The Balaban J connectivity index is 1.76. The molecule has 0 atom stereocenters. The number of nitrogens with zero attached hydrogens (tertiary/aromatic N) is 1. The van der Waals surface area contributed by atoms with E-state index < -0.39 is 5.97 Å². The second-order valence-electron chi connectivity index (χ2n) is 6.50. The maximum Gasteiger partial charge on any atom is 0.304 e. The van der Waals surface area contributed by atoms with E-state index in [2.05, 4.69) is 4.98 Å². The minimum atomic E-state index is -0.857. The molecule has 0 saturated heterocycles. The third-order valence-corrected chi connectivity index (χ3v) is 7.02. The van der Waals surface area contributed by atoms with Gasteiger partial charge in [0.05, 0.1) is 16.7 Å². The van der Waals surface area contributed by atoms with Gasteiger partial charge < -0.3 is 10.1 Å². The molecule has 1 aliphatic carbocycles. The van der Waals surface area contributed by atoms with Gasteiger partial charge in [0, 0.05) is 15.7 Å². The lowest BCUT2D eigenvalue weighted by molar-refractivity contribution is -0.136. The fourth-order valence-electron chi connectivity index (χ4n) is 3.26. The number of fused-ring (bicyclic) bond motifs is 3. The fraction of sp³-hybridized carbons (Fsp3) is 0.250. The molecule has 0 amide bonds. The first-order chi connectivity index (χ1) is 13.5. The van der Waals surface area contributed by atoms with Crippen LogP contribution in [0.5, 0.6) is 0 Å². The number of thioether (sulfide) groups is 1. The summed E-state index contributed by atoms with van der Waals surface area (Å²) in [4.78, 5) is 34.0. The summed E-state index contributed by atoms with van der Waals surface area (Å²) >= 11 is 8.92. The molecular formula is C20H17ClN2O3S2. The summed E-state index contributed by atoms with van der Waals surface area (Å²) in [5.41, 5.74) is 1.92. The van der Waals surface area contributed by atoms with Crippen molar-refractivity contribution in [3.63, 3.8) is 0 Å². The van der Waals surface area contributed by atoms with Gasteiger partial charge in [-0.3, -0.25) is 9.59 Å². The van der Waals surface area contributed by atoms with Gasteiger partial charge >= 0.3 is 5.97 Å². The molecule has 2 aromatic heterocycles. The van der Waals surface area contributed by atoms with Crippen molar-refractivity contribution in [1.29, 1.82) is 0 Å². The molecule has 1 aliphatic rings. The number of rotatable bonds is 6. The number of H-pyrrole nitrogens is 1. The van der Waals surface area contributed by atoms with E-state index in [4.69, 9.17) is 21.7 Å². The number of hydrogen-bond donors (Lipinski definition) is 2. The quantitative estimate of drug-likeness (QED) is 0.582. The molecule has 5 nitrogen and oxygen atoms in total. The van der Waals surface area contributed by atoms with Gasteiger partial charge in [-0.05, 0) is 48.6 Å². The molecule has 0 unspecified atom stereocenters. The normalized spacial score (nSPS) is 13.8. The Labute approximate surface area is 174 Å². The van der Waals surface area contributed by atoms with E-state index in [-0.39, 0.29) is 12.0 Å². The van der Waals surface area contributed by atoms with Gasteiger partial charge in [-0.1, -0.05) is 23.7 Å². The van der Waals surface area contributed by atoms with Gasteiger partial charge in [0.25, 0.3) is 5.56 Å². The Morgan fingerprint density at radius 3 is 2.86 bits per heavy atom. The summed E-state index contributed by atoms with van der Waals surface area (Å²) in [6.45, 7) is 0. The number of aryl methyl sites for hydroxylation is 2. The first-order valence-corrected chi connectivity index (χ1v) is 11.1. The lowest BCUT2D eigenvalue weighted by Gasteiger charge is -2.07. The largest absolute Gasteiger partial charge is 0.481 e. The molecule has 0 bridgehead atoms. The highest BCUT2D eigenvalue weighted by atomic mass is 35.5. The van der Waals surface area contributed by atoms with Gasteiger partial charge in [-0.25, -0.2) is 4.98 Å². The smallest absolute Gasteiger partial charge is 0.304 e. The predicted molar refractivity (Wildman–Crippen MR) is 116 cm³/mol. The number of benzene rings is 1. The molecule has 3 aromatic rings. The second kappa shape index (κ2) is 8.11. The molecule has 1 aromatic carbocycles. The van der Waals surface area contributed by atoms with Gasteiger partial charge in [-0.2, -0.15) is 0 Å². The third kappa shape index (κ3) is 4.01. The Kier molecular flexibility index (Phi) is 5.57. The van der Waals surface area contributed by atoms with Crippen molar-refractivity contribution >= 4 is 61.9 Å². The van der Waals surface area contributed by atoms with E-state index in [9.17, 15) is 9.59 Å². The summed E-state index contributed by atoms with van der Waals surface area (Å²) in [5, 5.41) is 10.3. The Hall–Kier alpha value is -2.09. The number of hydrogen-bond acceptors (Lipinski definition) is 5. The van der Waals surface area contributed by atoms with Crippen LogP contribution in [-0.4, -0.2) is 26.8 Å². The summed E-state index contributed by atoms with van der Waals surface area (Å²) in [6.07, 6.45) is 4.95. The zero-order chi connectivity index (χ0) is 19.7. The number of carboxylic acids is 1. The molecule has 0 saturated carbocycles. The van der Waals surface area contributed by atoms with E-state index >= 15 is 0 Å². The van der Waals surface area contributed by atoms with Crippen molar-refractivity contribution in [2.75, 3.05) is 5.75 Å². The van der Waals surface area contributed by atoms with Crippen molar-refractivity contribution < 1.29 is 9.90 Å². The lowest BCUT2D eigenvalue weighted by atomic mass is 10.2. The van der Waals surface area contributed by atoms with Crippen LogP contribution in [0.25, 0.3) is 21.2 Å². The topological polar surface area (TPSA) is 83.0 Å². The SMILES string of the molecule is O=C(O)CCS/C(=C/c1ccc(Cl)cc1)c1nc2sc3c(c2c(=O)[nH]1)CCC3. The number of aliphatic carboxylic acids is 1. The molecule has 0 spiro atoms. The maximum atomic E-state index is 12.8. The Morgan fingerprint density at radius 1 is 1.32 bits per heavy atom. The molecular weight excluding hydrogens is 416 g/mol. The summed E-state index contributed by atoms with van der Waals surface area (Å²) in [7, 11) is 0. The van der Waals surface area contributed by atoms with Gasteiger partial charge in [-0.15, -0.1) is 23.1 Å². The van der Waals surface area contributed by atoms with E-state index in [0.717, 1.165) is 40.1 Å². The third-order valence-electron chi connectivity index (χ3n) is 4.55. The predicted octanol–water partition coefficient (Wildman–Crippen LogP) is 4.83. The number of carbonyl (C=O) groups is 1. The van der Waals surface area contributed by atoms with Crippen molar-refractivity contribution in [1.82, 2.24) is 9.97 Å². The van der Waals surface area contributed by atoms with E-state index in [0.29, 0.717) is 22.0 Å². The molecule has 2 N–H and O–H groups in total. The van der Waals surface area contributed by atoms with Gasteiger partial charge in [0.1, 0.15) is 10.7 Å². The van der Waals surface area contributed by atoms with Crippen LogP contribution in [0.15, 0.2) is 29.1 Å². The summed E-state index contributed by atoms with van der Waals surface area (Å²) < 4.78 is 0.